The zero-order valence-electron chi connectivity index (χ0n) is 16.1. The number of nitrogens with one attached hydrogen (secondary N) is 1. The van der Waals surface area contributed by atoms with E-state index in [1.54, 1.807) is 23.0 Å². The van der Waals surface area contributed by atoms with E-state index in [0.29, 0.717) is 17.3 Å². The lowest BCUT2D eigenvalue weighted by Crippen LogP contribution is -2.19. The van der Waals surface area contributed by atoms with Gasteiger partial charge >= 0.3 is 0 Å². The number of hydrogen-bond acceptors (Lipinski definition) is 4. The lowest BCUT2D eigenvalue weighted by molar-refractivity contribution is 0.102. The van der Waals surface area contributed by atoms with Crippen molar-refractivity contribution in [1.82, 2.24) is 19.5 Å². The molecule has 1 aliphatic heterocycles. The molecule has 27 heavy (non-hydrogen) atoms. The summed E-state index contributed by atoms with van der Waals surface area (Å²) in [7, 11) is 0. The second kappa shape index (κ2) is 7.12. The van der Waals surface area contributed by atoms with E-state index in [9.17, 15) is 4.79 Å². The van der Waals surface area contributed by atoms with Crippen LogP contribution in [0.25, 0.3) is 5.65 Å². The highest BCUT2D eigenvalue weighted by Crippen LogP contribution is 2.30. The molecule has 0 saturated carbocycles. The van der Waals surface area contributed by atoms with Gasteiger partial charge in [0, 0.05) is 30.5 Å². The first-order valence-electron chi connectivity index (χ1n) is 9.46. The van der Waals surface area contributed by atoms with Crippen molar-refractivity contribution in [3.63, 3.8) is 0 Å². The van der Waals surface area contributed by atoms with E-state index >= 15 is 0 Å². The van der Waals surface area contributed by atoms with Crippen LogP contribution in [0.15, 0.2) is 36.7 Å². The SMILES string of the molecule is Cc1cnn2ccc(C(=O)Nc3cccc4c3CN(CCC(C)C)C4)nc12. The third kappa shape index (κ3) is 3.57. The number of benzene rings is 1. The molecule has 0 saturated heterocycles. The molecule has 1 aliphatic rings. The minimum atomic E-state index is -0.188. The molecule has 0 aliphatic carbocycles. The first-order valence-corrected chi connectivity index (χ1v) is 9.46. The lowest BCUT2D eigenvalue weighted by Gasteiger charge is -2.16. The van der Waals surface area contributed by atoms with Gasteiger partial charge in [-0.05, 0) is 49.1 Å². The van der Waals surface area contributed by atoms with Crippen molar-refractivity contribution in [2.45, 2.75) is 40.3 Å². The quantitative estimate of drug-likeness (QED) is 0.752. The molecule has 6 heteroatoms. The summed E-state index contributed by atoms with van der Waals surface area (Å²) in [6.07, 6.45) is 4.71. The number of carbonyl (C=O) groups is 1. The van der Waals surface area contributed by atoms with Gasteiger partial charge in [0.15, 0.2) is 5.65 Å². The Morgan fingerprint density at radius 2 is 2.11 bits per heavy atom. The summed E-state index contributed by atoms with van der Waals surface area (Å²) in [5.41, 5.74) is 5.46. The number of hydrogen-bond donors (Lipinski definition) is 1. The predicted molar refractivity (Wildman–Crippen MR) is 106 cm³/mol. The van der Waals surface area contributed by atoms with Gasteiger partial charge in [0.05, 0.1) is 6.20 Å². The summed E-state index contributed by atoms with van der Waals surface area (Å²) in [4.78, 5) is 19.7. The fourth-order valence-corrected chi connectivity index (χ4v) is 3.50. The molecule has 4 rings (SSSR count). The predicted octanol–water partition coefficient (Wildman–Crippen LogP) is 3.65. The van der Waals surface area contributed by atoms with Gasteiger partial charge in [-0.15, -0.1) is 0 Å². The van der Waals surface area contributed by atoms with Crippen LogP contribution in [0.3, 0.4) is 0 Å². The van der Waals surface area contributed by atoms with Crippen LogP contribution in [0.4, 0.5) is 5.69 Å². The van der Waals surface area contributed by atoms with Crippen LogP contribution in [0.2, 0.25) is 0 Å². The van der Waals surface area contributed by atoms with Crippen LogP contribution in [-0.4, -0.2) is 31.9 Å². The van der Waals surface area contributed by atoms with Crippen molar-refractivity contribution in [2.75, 3.05) is 11.9 Å². The smallest absolute Gasteiger partial charge is 0.274 e. The fraction of sp³-hybridized carbons (Fsp3) is 0.381. The van der Waals surface area contributed by atoms with Crippen molar-refractivity contribution >= 4 is 17.2 Å². The molecule has 0 fully saturated rings. The van der Waals surface area contributed by atoms with Gasteiger partial charge in [-0.25, -0.2) is 9.50 Å². The molecular weight excluding hydrogens is 338 g/mol. The van der Waals surface area contributed by atoms with Crippen LogP contribution >= 0.6 is 0 Å². The van der Waals surface area contributed by atoms with Gasteiger partial charge in [-0.3, -0.25) is 9.69 Å². The Bertz CT molecular complexity index is 991. The number of aromatic nitrogens is 3. The van der Waals surface area contributed by atoms with E-state index < -0.39 is 0 Å². The number of anilines is 1. The maximum atomic E-state index is 12.8. The van der Waals surface area contributed by atoms with Crippen molar-refractivity contribution in [1.29, 1.82) is 0 Å². The molecule has 0 atom stereocenters. The minimum absolute atomic E-state index is 0.188. The summed E-state index contributed by atoms with van der Waals surface area (Å²) in [6, 6.07) is 7.84. The zero-order valence-corrected chi connectivity index (χ0v) is 16.1. The lowest BCUT2D eigenvalue weighted by atomic mass is 10.1. The largest absolute Gasteiger partial charge is 0.320 e. The highest BCUT2D eigenvalue weighted by Gasteiger charge is 2.22. The van der Waals surface area contributed by atoms with Gasteiger partial charge in [-0.1, -0.05) is 26.0 Å². The van der Waals surface area contributed by atoms with Crippen LogP contribution in [-0.2, 0) is 13.1 Å². The monoisotopic (exact) mass is 363 g/mol. The van der Waals surface area contributed by atoms with Crippen LogP contribution in [0.5, 0.6) is 0 Å². The maximum Gasteiger partial charge on any atom is 0.274 e. The highest BCUT2D eigenvalue weighted by molar-refractivity contribution is 6.03. The van der Waals surface area contributed by atoms with Gasteiger partial charge in [0.1, 0.15) is 5.69 Å². The van der Waals surface area contributed by atoms with E-state index in [1.165, 1.54) is 17.5 Å². The Hall–Kier alpha value is -2.73. The normalized spacial score (nSPS) is 14.1. The summed E-state index contributed by atoms with van der Waals surface area (Å²) in [5.74, 6) is 0.507. The fourth-order valence-electron chi connectivity index (χ4n) is 3.50. The first kappa shape index (κ1) is 17.7. The molecule has 2 aromatic heterocycles. The second-order valence-corrected chi connectivity index (χ2v) is 7.70. The van der Waals surface area contributed by atoms with Gasteiger partial charge in [0.25, 0.3) is 5.91 Å². The number of rotatable bonds is 5. The molecule has 140 valence electrons. The molecule has 3 heterocycles. The first-order chi connectivity index (χ1) is 13.0. The van der Waals surface area contributed by atoms with E-state index in [4.69, 9.17) is 0 Å². The number of fused-ring (bicyclic) bond motifs is 2. The molecule has 6 nitrogen and oxygen atoms in total. The highest BCUT2D eigenvalue weighted by atomic mass is 16.1. The molecular formula is C21H25N5O. The van der Waals surface area contributed by atoms with Crippen LogP contribution < -0.4 is 5.32 Å². The molecule has 3 aromatic rings. The van der Waals surface area contributed by atoms with E-state index in [0.717, 1.165) is 30.9 Å². The number of aryl methyl sites for hydroxylation is 1. The summed E-state index contributed by atoms with van der Waals surface area (Å²) < 4.78 is 1.68. The average Bonchev–Trinajstić information content (AvgIpc) is 3.24. The Morgan fingerprint density at radius 3 is 2.93 bits per heavy atom. The van der Waals surface area contributed by atoms with E-state index in [1.807, 2.05) is 19.1 Å². The standard InChI is InChI=1S/C21H25N5O/c1-14(2)7-9-25-12-16-5-4-6-18(17(16)13-25)24-21(27)19-8-10-26-20(23-19)15(3)11-22-26/h4-6,8,10-11,14H,7,9,12-13H2,1-3H3,(H,24,27). The van der Waals surface area contributed by atoms with Gasteiger partial charge in [-0.2, -0.15) is 5.10 Å². The van der Waals surface area contributed by atoms with Gasteiger partial charge < -0.3 is 5.32 Å². The molecule has 1 aromatic carbocycles. The number of amides is 1. The average molecular weight is 363 g/mol. The Kier molecular flexibility index (Phi) is 4.66. The van der Waals surface area contributed by atoms with E-state index in [-0.39, 0.29) is 5.91 Å². The molecule has 0 radical (unpaired) electrons. The number of nitrogens with zero attached hydrogens (tertiary/aromatic N) is 4. The van der Waals surface area contributed by atoms with E-state index in [2.05, 4.69) is 40.2 Å². The van der Waals surface area contributed by atoms with Crippen LogP contribution in [0, 0.1) is 12.8 Å². The molecule has 1 amide bonds. The molecule has 0 unspecified atom stereocenters. The third-order valence-electron chi connectivity index (χ3n) is 5.10. The summed E-state index contributed by atoms with van der Waals surface area (Å²) in [5, 5.41) is 7.27. The zero-order chi connectivity index (χ0) is 19.0. The number of carbonyl (C=O) groups excluding carboxylic acids is 1. The minimum Gasteiger partial charge on any atom is -0.320 e. The third-order valence-corrected chi connectivity index (χ3v) is 5.10. The van der Waals surface area contributed by atoms with Crippen LogP contribution in [0.1, 0.15) is 47.4 Å². The maximum absolute atomic E-state index is 12.8. The van der Waals surface area contributed by atoms with Crippen molar-refractivity contribution in [2.24, 2.45) is 5.92 Å². The van der Waals surface area contributed by atoms with Gasteiger partial charge in [0.2, 0.25) is 0 Å². The Labute approximate surface area is 159 Å². The van der Waals surface area contributed by atoms with Crippen molar-refractivity contribution < 1.29 is 4.79 Å². The summed E-state index contributed by atoms with van der Waals surface area (Å²) >= 11 is 0. The molecule has 0 spiro atoms. The van der Waals surface area contributed by atoms with Crippen molar-refractivity contribution in [3.8, 4) is 0 Å². The van der Waals surface area contributed by atoms with Crippen molar-refractivity contribution in [3.05, 3.63) is 59.0 Å². The molecule has 1 N–H and O–H groups in total. The second-order valence-electron chi connectivity index (χ2n) is 7.70. The topological polar surface area (TPSA) is 62.5 Å². The Balaban J connectivity index is 1.52. The molecule has 0 bridgehead atoms. The summed E-state index contributed by atoms with van der Waals surface area (Å²) in [6.45, 7) is 9.35. The Morgan fingerprint density at radius 1 is 1.26 bits per heavy atom.